The Morgan fingerprint density at radius 1 is 1.26 bits per heavy atom. The molecule has 1 unspecified atom stereocenters. The molecule has 1 aromatic heterocycles. The van der Waals surface area contributed by atoms with Crippen molar-refractivity contribution < 1.29 is 19.1 Å². The van der Waals surface area contributed by atoms with Crippen molar-refractivity contribution in [1.82, 2.24) is 9.55 Å². The summed E-state index contributed by atoms with van der Waals surface area (Å²) in [4.78, 5) is 56.5. The van der Waals surface area contributed by atoms with Crippen LogP contribution in [0.1, 0.15) is 20.3 Å². The lowest BCUT2D eigenvalue weighted by Crippen LogP contribution is -2.45. The molecule has 34 heavy (non-hydrogen) atoms. The molecule has 0 bridgehead atoms. The van der Waals surface area contributed by atoms with E-state index in [0.717, 1.165) is 0 Å². The largest absolute Gasteiger partial charge is 0.497 e. The third kappa shape index (κ3) is 5.14. The second-order valence-corrected chi connectivity index (χ2v) is 8.59. The molecular weight excluding hydrogens is 442 g/mol. The number of nitrogens with two attached hydrogens (primary N) is 1. The van der Waals surface area contributed by atoms with Crippen LogP contribution < -0.4 is 31.5 Å². The lowest BCUT2D eigenvalue weighted by atomic mass is 10.1. The average molecular weight is 474 g/mol. The van der Waals surface area contributed by atoms with Crippen LogP contribution in [0.25, 0.3) is 0 Å². The number of hydrogen-bond acceptors (Lipinski definition) is 7. The van der Waals surface area contributed by atoms with Crippen LogP contribution in [0.5, 0.6) is 5.75 Å². The van der Waals surface area contributed by atoms with Gasteiger partial charge in [-0.3, -0.25) is 23.9 Å². The Labute approximate surface area is 197 Å². The Morgan fingerprint density at radius 2 is 2.00 bits per heavy atom. The SMILES string of the molecule is COCCN(C(=O)C1CC(=O)N(c2cccc(OC)c2)C1)c1c(N)n(CC(C)C)c(=O)[nH]c1=O. The molecule has 1 aliphatic rings. The summed E-state index contributed by atoms with van der Waals surface area (Å²) < 4.78 is 11.6. The number of anilines is 3. The van der Waals surface area contributed by atoms with Crippen LogP contribution in [0, 0.1) is 11.8 Å². The van der Waals surface area contributed by atoms with Gasteiger partial charge in [0.15, 0.2) is 5.69 Å². The number of ether oxygens (including phenoxy) is 2. The molecule has 2 heterocycles. The molecule has 0 spiro atoms. The molecule has 2 aromatic rings. The van der Waals surface area contributed by atoms with E-state index in [4.69, 9.17) is 15.2 Å². The molecule has 1 atom stereocenters. The van der Waals surface area contributed by atoms with Crippen LogP contribution in [0.4, 0.5) is 17.2 Å². The molecule has 11 nitrogen and oxygen atoms in total. The summed E-state index contributed by atoms with van der Waals surface area (Å²) in [6, 6.07) is 7.01. The molecule has 1 aliphatic heterocycles. The van der Waals surface area contributed by atoms with Crippen molar-refractivity contribution in [2.24, 2.45) is 11.8 Å². The Balaban J connectivity index is 1.96. The highest BCUT2D eigenvalue weighted by Gasteiger charge is 2.39. The van der Waals surface area contributed by atoms with Crippen molar-refractivity contribution in [3.05, 3.63) is 45.1 Å². The number of H-pyrrole nitrogens is 1. The first-order valence-corrected chi connectivity index (χ1v) is 11.0. The highest BCUT2D eigenvalue weighted by molar-refractivity contribution is 6.05. The van der Waals surface area contributed by atoms with E-state index in [9.17, 15) is 19.2 Å². The van der Waals surface area contributed by atoms with Gasteiger partial charge in [0.2, 0.25) is 11.8 Å². The first kappa shape index (κ1) is 25.0. The summed E-state index contributed by atoms with van der Waals surface area (Å²) >= 11 is 0. The lowest BCUT2D eigenvalue weighted by Gasteiger charge is -2.27. The molecule has 2 amide bonds. The summed E-state index contributed by atoms with van der Waals surface area (Å²) in [7, 11) is 3.01. The molecule has 11 heteroatoms. The third-order valence-corrected chi connectivity index (χ3v) is 5.66. The molecule has 0 aliphatic carbocycles. The minimum Gasteiger partial charge on any atom is -0.497 e. The van der Waals surface area contributed by atoms with Gasteiger partial charge in [0.05, 0.1) is 19.6 Å². The van der Waals surface area contributed by atoms with Gasteiger partial charge in [-0.15, -0.1) is 0 Å². The summed E-state index contributed by atoms with van der Waals surface area (Å²) in [6.45, 7) is 4.38. The maximum absolute atomic E-state index is 13.6. The Morgan fingerprint density at radius 3 is 2.65 bits per heavy atom. The van der Waals surface area contributed by atoms with E-state index in [-0.39, 0.29) is 56.0 Å². The van der Waals surface area contributed by atoms with Crippen molar-refractivity contribution in [2.75, 3.05) is 49.4 Å². The van der Waals surface area contributed by atoms with Crippen molar-refractivity contribution in [1.29, 1.82) is 0 Å². The Hall–Kier alpha value is -3.60. The molecule has 184 valence electrons. The van der Waals surface area contributed by atoms with Gasteiger partial charge in [-0.25, -0.2) is 4.79 Å². The molecular formula is C23H31N5O6. The highest BCUT2D eigenvalue weighted by atomic mass is 16.5. The van der Waals surface area contributed by atoms with Crippen molar-refractivity contribution in [3.8, 4) is 5.75 Å². The van der Waals surface area contributed by atoms with Gasteiger partial charge >= 0.3 is 5.69 Å². The first-order chi connectivity index (χ1) is 16.2. The zero-order chi connectivity index (χ0) is 25.0. The van der Waals surface area contributed by atoms with Gasteiger partial charge < -0.3 is 25.0 Å². The normalized spacial score (nSPS) is 15.7. The van der Waals surface area contributed by atoms with Gasteiger partial charge in [0, 0.05) is 44.9 Å². The van der Waals surface area contributed by atoms with Crippen LogP contribution in [0.3, 0.4) is 0 Å². The lowest BCUT2D eigenvalue weighted by molar-refractivity contribution is -0.124. The van der Waals surface area contributed by atoms with Gasteiger partial charge in [0.1, 0.15) is 11.6 Å². The van der Waals surface area contributed by atoms with E-state index in [0.29, 0.717) is 11.4 Å². The van der Waals surface area contributed by atoms with E-state index in [1.54, 1.807) is 24.3 Å². The van der Waals surface area contributed by atoms with E-state index < -0.39 is 23.1 Å². The Kier molecular flexibility index (Phi) is 7.77. The maximum Gasteiger partial charge on any atom is 0.330 e. The zero-order valence-electron chi connectivity index (χ0n) is 19.9. The molecule has 1 fully saturated rings. The number of aromatic nitrogens is 2. The molecule has 3 N–H and O–H groups in total. The van der Waals surface area contributed by atoms with Crippen LogP contribution in [0.15, 0.2) is 33.9 Å². The fraction of sp³-hybridized carbons (Fsp3) is 0.478. The van der Waals surface area contributed by atoms with Gasteiger partial charge in [-0.1, -0.05) is 19.9 Å². The van der Waals surface area contributed by atoms with Crippen LogP contribution in [-0.2, 0) is 20.9 Å². The molecule has 1 saturated heterocycles. The van der Waals surface area contributed by atoms with Crippen LogP contribution in [0.2, 0.25) is 0 Å². The minimum absolute atomic E-state index is 0.0248. The average Bonchev–Trinajstić information content (AvgIpc) is 3.19. The zero-order valence-corrected chi connectivity index (χ0v) is 19.9. The van der Waals surface area contributed by atoms with Gasteiger partial charge in [-0.2, -0.15) is 0 Å². The van der Waals surface area contributed by atoms with Crippen molar-refractivity contribution in [2.45, 2.75) is 26.8 Å². The molecule has 0 saturated carbocycles. The fourth-order valence-electron chi connectivity index (χ4n) is 4.02. The summed E-state index contributed by atoms with van der Waals surface area (Å²) in [6.07, 6.45) is -0.0248. The quantitative estimate of drug-likeness (QED) is 0.549. The summed E-state index contributed by atoms with van der Waals surface area (Å²) in [5.41, 5.74) is 5.33. The van der Waals surface area contributed by atoms with E-state index >= 15 is 0 Å². The van der Waals surface area contributed by atoms with E-state index in [1.807, 2.05) is 13.8 Å². The Bertz CT molecular complexity index is 1170. The maximum atomic E-state index is 13.6. The van der Waals surface area contributed by atoms with E-state index in [2.05, 4.69) is 4.98 Å². The van der Waals surface area contributed by atoms with Crippen molar-refractivity contribution in [3.63, 3.8) is 0 Å². The number of nitrogen functional groups attached to an aromatic ring is 1. The monoisotopic (exact) mass is 473 g/mol. The number of carbonyl (C=O) groups excluding carboxylic acids is 2. The number of methoxy groups -OCH3 is 2. The number of benzene rings is 1. The standard InChI is InChI=1S/C23H31N5O6/c1-14(2)12-28-20(24)19(21(30)25-23(28)32)26(8-9-33-3)22(31)15-10-18(29)27(13-15)16-6-5-7-17(11-16)34-4/h5-7,11,14-15H,8-10,12-13,24H2,1-4H3,(H,25,30,32). The van der Waals surface area contributed by atoms with Crippen LogP contribution in [-0.4, -0.2) is 55.3 Å². The molecule has 1 aromatic carbocycles. The highest BCUT2D eigenvalue weighted by Crippen LogP contribution is 2.30. The first-order valence-electron chi connectivity index (χ1n) is 11.0. The fourth-order valence-corrected chi connectivity index (χ4v) is 4.02. The second-order valence-electron chi connectivity index (χ2n) is 8.59. The number of hydrogen-bond donors (Lipinski definition) is 2. The predicted molar refractivity (Wildman–Crippen MR) is 128 cm³/mol. The number of nitrogens with zero attached hydrogens (tertiary/aromatic N) is 3. The molecule has 0 radical (unpaired) electrons. The van der Waals surface area contributed by atoms with Crippen LogP contribution >= 0.6 is 0 Å². The third-order valence-electron chi connectivity index (χ3n) is 5.66. The number of rotatable bonds is 9. The minimum atomic E-state index is -0.763. The number of carbonyl (C=O) groups is 2. The predicted octanol–water partition coefficient (Wildman–Crippen LogP) is 0.816. The van der Waals surface area contributed by atoms with E-state index in [1.165, 1.54) is 28.6 Å². The second kappa shape index (κ2) is 10.6. The summed E-state index contributed by atoms with van der Waals surface area (Å²) in [5.74, 6) is -0.798. The smallest absolute Gasteiger partial charge is 0.330 e. The number of aromatic amines is 1. The van der Waals surface area contributed by atoms with Gasteiger partial charge in [0.25, 0.3) is 5.56 Å². The summed E-state index contributed by atoms with van der Waals surface area (Å²) in [5, 5.41) is 0. The number of amides is 2. The van der Waals surface area contributed by atoms with Crippen molar-refractivity contribution >= 4 is 29.0 Å². The topological polar surface area (TPSA) is 140 Å². The van der Waals surface area contributed by atoms with Gasteiger partial charge in [-0.05, 0) is 18.1 Å². The molecule has 3 rings (SSSR count). The number of nitrogens with one attached hydrogen (secondary N) is 1.